The molecule has 0 atom stereocenters. The number of halogens is 3. The molecule has 1 saturated heterocycles. The van der Waals surface area contributed by atoms with E-state index in [0.29, 0.717) is 25.1 Å². The van der Waals surface area contributed by atoms with E-state index in [-0.39, 0.29) is 36.7 Å². The van der Waals surface area contributed by atoms with E-state index in [0.717, 1.165) is 37.9 Å². The maximum Gasteiger partial charge on any atom is 0.223 e. The molecule has 0 saturated carbocycles. The number of piperidine rings is 1. The van der Waals surface area contributed by atoms with Crippen molar-refractivity contribution in [1.82, 2.24) is 10.2 Å². The molecular formula is C18H25ClF2N2O2. The third kappa shape index (κ3) is 6.36. The monoisotopic (exact) mass is 374 g/mol. The van der Waals surface area contributed by atoms with Crippen molar-refractivity contribution in [3.05, 3.63) is 35.4 Å². The van der Waals surface area contributed by atoms with Gasteiger partial charge in [0.2, 0.25) is 5.91 Å². The van der Waals surface area contributed by atoms with Crippen molar-refractivity contribution < 1.29 is 18.4 Å². The predicted octanol–water partition coefficient (Wildman–Crippen LogP) is 3.20. The minimum atomic E-state index is -0.877. The average Bonchev–Trinajstić information content (AvgIpc) is 2.58. The normalized spacial score (nSPS) is 14.9. The average molecular weight is 375 g/mol. The number of nitrogens with one attached hydrogen (secondary N) is 1. The molecule has 1 heterocycles. The van der Waals surface area contributed by atoms with Gasteiger partial charge in [-0.1, -0.05) is 0 Å². The highest BCUT2D eigenvalue weighted by atomic mass is 35.5. The van der Waals surface area contributed by atoms with Crippen molar-refractivity contribution >= 4 is 24.1 Å². The van der Waals surface area contributed by atoms with E-state index in [1.807, 2.05) is 7.05 Å². The van der Waals surface area contributed by atoms with Gasteiger partial charge in [-0.3, -0.25) is 9.59 Å². The number of rotatable bonds is 7. The Morgan fingerprint density at radius 3 is 2.48 bits per heavy atom. The highest BCUT2D eigenvalue weighted by Crippen LogP contribution is 2.21. The maximum atomic E-state index is 13.6. The van der Waals surface area contributed by atoms with Gasteiger partial charge in [0.1, 0.15) is 11.6 Å². The quantitative estimate of drug-likeness (QED) is 0.746. The van der Waals surface area contributed by atoms with Crippen molar-refractivity contribution in [1.29, 1.82) is 0 Å². The van der Waals surface area contributed by atoms with Crippen LogP contribution >= 0.6 is 12.4 Å². The first kappa shape index (κ1) is 21.5. The van der Waals surface area contributed by atoms with Gasteiger partial charge in [0.15, 0.2) is 5.78 Å². The first-order valence-corrected chi connectivity index (χ1v) is 8.42. The summed E-state index contributed by atoms with van der Waals surface area (Å²) in [5, 5.41) is 3.13. The number of hydrogen-bond acceptors (Lipinski definition) is 3. The summed E-state index contributed by atoms with van der Waals surface area (Å²) in [7, 11) is 1.93. The van der Waals surface area contributed by atoms with Crippen LogP contribution in [0.4, 0.5) is 8.78 Å². The van der Waals surface area contributed by atoms with Crippen LogP contribution in [0.5, 0.6) is 0 Å². The molecule has 4 nitrogen and oxygen atoms in total. The zero-order valence-corrected chi connectivity index (χ0v) is 15.2. The Morgan fingerprint density at radius 1 is 1.20 bits per heavy atom. The van der Waals surface area contributed by atoms with Gasteiger partial charge < -0.3 is 10.2 Å². The highest BCUT2D eigenvalue weighted by Gasteiger charge is 2.23. The molecule has 7 heteroatoms. The van der Waals surface area contributed by atoms with E-state index in [1.54, 1.807) is 4.90 Å². The van der Waals surface area contributed by atoms with Crippen LogP contribution in [0.15, 0.2) is 18.2 Å². The molecule has 0 aromatic heterocycles. The number of ketones is 1. The van der Waals surface area contributed by atoms with Gasteiger partial charge in [-0.25, -0.2) is 8.78 Å². The van der Waals surface area contributed by atoms with Crippen LogP contribution in [0.25, 0.3) is 0 Å². The molecule has 1 aromatic rings. The van der Waals surface area contributed by atoms with E-state index in [4.69, 9.17) is 0 Å². The molecule has 0 spiro atoms. The third-order valence-corrected chi connectivity index (χ3v) is 4.57. The van der Waals surface area contributed by atoms with E-state index < -0.39 is 17.4 Å². The fourth-order valence-electron chi connectivity index (χ4n) is 3.05. The van der Waals surface area contributed by atoms with Crippen molar-refractivity contribution in [3.63, 3.8) is 0 Å². The Morgan fingerprint density at radius 2 is 1.88 bits per heavy atom. The van der Waals surface area contributed by atoms with Crippen LogP contribution in [0, 0.1) is 17.6 Å². The van der Waals surface area contributed by atoms with Gasteiger partial charge in [-0.05, 0) is 50.9 Å². The zero-order valence-electron chi connectivity index (χ0n) is 14.4. The van der Waals surface area contributed by atoms with Crippen LogP contribution in [-0.2, 0) is 4.79 Å². The Hall–Kier alpha value is -1.53. The van der Waals surface area contributed by atoms with Crippen molar-refractivity contribution in [3.8, 4) is 0 Å². The Balaban J connectivity index is 0.00000312. The van der Waals surface area contributed by atoms with Gasteiger partial charge in [-0.15, -0.1) is 12.4 Å². The summed E-state index contributed by atoms with van der Waals surface area (Å²) in [4.78, 5) is 26.0. The van der Waals surface area contributed by atoms with E-state index in [9.17, 15) is 18.4 Å². The molecule has 1 N–H and O–H groups in total. The number of amides is 1. The molecule has 0 radical (unpaired) electrons. The van der Waals surface area contributed by atoms with Crippen LogP contribution in [-0.4, -0.2) is 43.3 Å². The molecule has 25 heavy (non-hydrogen) atoms. The second-order valence-corrected chi connectivity index (χ2v) is 6.26. The van der Waals surface area contributed by atoms with Crippen LogP contribution in [0.1, 0.15) is 42.5 Å². The lowest BCUT2D eigenvalue weighted by molar-refractivity contribution is -0.132. The number of likely N-dealkylation sites (tertiary alicyclic amines) is 1. The summed E-state index contributed by atoms with van der Waals surface area (Å²) in [5.74, 6) is -1.50. The lowest BCUT2D eigenvalue weighted by Crippen LogP contribution is -2.39. The maximum absolute atomic E-state index is 13.6. The molecule has 0 aliphatic carbocycles. The molecule has 2 rings (SSSR count). The zero-order chi connectivity index (χ0) is 17.5. The first-order chi connectivity index (χ1) is 11.5. The topological polar surface area (TPSA) is 49.4 Å². The SMILES string of the molecule is CNCCC1CCN(C(=O)CCC(=O)c2ccc(F)cc2F)CC1.Cl. The number of hydrogen-bond donors (Lipinski definition) is 1. The number of Topliss-reactive ketones (excluding diaryl/α,β-unsaturated/α-hetero) is 1. The molecule has 1 aromatic carbocycles. The molecule has 140 valence electrons. The summed E-state index contributed by atoms with van der Waals surface area (Å²) in [6, 6.07) is 2.86. The van der Waals surface area contributed by atoms with Crippen LogP contribution < -0.4 is 5.32 Å². The highest BCUT2D eigenvalue weighted by molar-refractivity contribution is 5.98. The van der Waals surface area contributed by atoms with Crippen molar-refractivity contribution in [2.24, 2.45) is 5.92 Å². The summed E-state index contributed by atoms with van der Waals surface area (Å²) in [6.07, 6.45) is 3.08. The number of nitrogens with zero attached hydrogens (tertiary/aromatic N) is 1. The molecule has 0 unspecified atom stereocenters. The number of carbonyl (C=O) groups excluding carboxylic acids is 2. The Bertz CT molecular complexity index is 590. The molecular weight excluding hydrogens is 350 g/mol. The summed E-state index contributed by atoms with van der Waals surface area (Å²) >= 11 is 0. The molecule has 1 aliphatic heterocycles. The summed E-state index contributed by atoms with van der Waals surface area (Å²) < 4.78 is 26.4. The summed E-state index contributed by atoms with van der Waals surface area (Å²) in [5.41, 5.74) is -0.157. The summed E-state index contributed by atoms with van der Waals surface area (Å²) in [6.45, 7) is 2.41. The van der Waals surface area contributed by atoms with E-state index in [2.05, 4.69) is 5.32 Å². The molecule has 1 fully saturated rings. The van der Waals surface area contributed by atoms with Crippen molar-refractivity contribution in [2.45, 2.75) is 32.1 Å². The van der Waals surface area contributed by atoms with Crippen LogP contribution in [0.2, 0.25) is 0 Å². The fourth-order valence-corrected chi connectivity index (χ4v) is 3.05. The lowest BCUT2D eigenvalue weighted by atomic mass is 9.93. The second kappa shape index (κ2) is 10.5. The van der Waals surface area contributed by atoms with Gasteiger partial charge in [0.05, 0.1) is 5.56 Å². The third-order valence-electron chi connectivity index (χ3n) is 4.57. The van der Waals surface area contributed by atoms with Gasteiger partial charge in [0, 0.05) is 32.0 Å². The molecule has 0 bridgehead atoms. The van der Waals surface area contributed by atoms with Crippen LogP contribution in [0.3, 0.4) is 0 Å². The Labute approximate surface area is 153 Å². The second-order valence-electron chi connectivity index (χ2n) is 6.26. The van der Waals surface area contributed by atoms with E-state index >= 15 is 0 Å². The van der Waals surface area contributed by atoms with E-state index in [1.165, 1.54) is 0 Å². The Kier molecular flexibility index (Phi) is 9.00. The lowest BCUT2D eigenvalue weighted by Gasteiger charge is -2.32. The standard InChI is InChI=1S/C18H24F2N2O2.ClH/c1-21-9-6-13-7-10-22(11-8-13)18(24)5-4-17(23)15-3-2-14(19)12-16(15)20;/h2-3,12-13,21H,4-11H2,1H3;1H. The molecule has 1 aliphatic rings. The number of carbonyl (C=O) groups is 2. The predicted molar refractivity (Wildman–Crippen MR) is 95.0 cm³/mol. The smallest absolute Gasteiger partial charge is 0.223 e. The molecule has 1 amide bonds. The first-order valence-electron chi connectivity index (χ1n) is 8.42. The fraction of sp³-hybridized carbons (Fsp3) is 0.556. The van der Waals surface area contributed by atoms with Crippen molar-refractivity contribution in [2.75, 3.05) is 26.7 Å². The minimum Gasteiger partial charge on any atom is -0.343 e. The largest absolute Gasteiger partial charge is 0.343 e. The van der Waals surface area contributed by atoms with Gasteiger partial charge in [0.25, 0.3) is 0 Å². The number of benzene rings is 1. The van der Waals surface area contributed by atoms with Gasteiger partial charge >= 0.3 is 0 Å². The van der Waals surface area contributed by atoms with Gasteiger partial charge in [-0.2, -0.15) is 0 Å². The minimum absolute atomic E-state index is 0.